The SMILES string of the molecule is CC(C)(CN)Oc1ccccc1OC(F)(F)F. The minimum absolute atomic E-state index is 0.0141. The van der Waals surface area contributed by atoms with Gasteiger partial charge in [0.05, 0.1) is 0 Å². The van der Waals surface area contributed by atoms with E-state index in [1.54, 1.807) is 19.9 Å². The average Bonchev–Trinajstić information content (AvgIpc) is 2.19. The average molecular weight is 249 g/mol. The number of alkyl halides is 3. The predicted molar refractivity (Wildman–Crippen MR) is 56.9 cm³/mol. The zero-order valence-corrected chi connectivity index (χ0v) is 9.54. The normalized spacial score (nSPS) is 12.4. The van der Waals surface area contributed by atoms with Gasteiger partial charge in [-0.25, -0.2) is 0 Å². The van der Waals surface area contributed by atoms with Gasteiger partial charge in [0.25, 0.3) is 0 Å². The maximum atomic E-state index is 12.1. The Balaban J connectivity index is 2.92. The predicted octanol–water partition coefficient (Wildman–Crippen LogP) is 2.70. The Labute approximate surface area is 97.3 Å². The van der Waals surface area contributed by atoms with Gasteiger partial charge in [0.15, 0.2) is 11.5 Å². The highest BCUT2D eigenvalue weighted by Gasteiger charge is 2.33. The number of hydrogen-bond acceptors (Lipinski definition) is 3. The monoisotopic (exact) mass is 249 g/mol. The van der Waals surface area contributed by atoms with Crippen molar-refractivity contribution in [1.82, 2.24) is 0 Å². The van der Waals surface area contributed by atoms with Gasteiger partial charge in [0.1, 0.15) is 5.60 Å². The van der Waals surface area contributed by atoms with Crippen LogP contribution in [0.2, 0.25) is 0 Å². The largest absolute Gasteiger partial charge is 0.573 e. The van der Waals surface area contributed by atoms with Crippen molar-refractivity contribution in [2.24, 2.45) is 5.73 Å². The molecular weight excluding hydrogens is 235 g/mol. The molecule has 0 bridgehead atoms. The summed E-state index contributed by atoms with van der Waals surface area (Å²) in [5, 5.41) is 0. The number of hydrogen-bond donors (Lipinski definition) is 1. The van der Waals surface area contributed by atoms with E-state index < -0.39 is 12.0 Å². The number of nitrogens with two attached hydrogens (primary N) is 1. The summed E-state index contributed by atoms with van der Waals surface area (Å²) in [4.78, 5) is 0. The second-order valence-electron chi connectivity index (χ2n) is 4.06. The van der Waals surface area contributed by atoms with Crippen molar-refractivity contribution in [3.05, 3.63) is 24.3 Å². The van der Waals surface area contributed by atoms with Crippen LogP contribution in [0.1, 0.15) is 13.8 Å². The topological polar surface area (TPSA) is 44.5 Å². The molecule has 0 radical (unpaired) electrons. The number of para-hydroxylation sites is 2. The van der Waals surface area contributed by atoms with Crippen LogP contribution in [0.15, 0.2) is 24.3 Å². The third-order valence-corrected chi connectivity index (χ3v) is 1.95. The zero-order chi connectivity index (χ0) is 13.1. The number of ether oxygens (including phenoxy) is 2. The second kappa shape index (κ2) is 4.83. The molecule has 17 heavy (non-hydrogen) atoms. The number of halogens is 3. The third kappa shape index (κ3) is 4.52. The standard InChI is InChI=1S/C11H14F3NO2/c1-10(2,7-15)16-8-5-3-4-6-9(8)17-11(12,13)14/h3-6H,7,15H2,1-2H3. The van der Waals surface area contributed by atoms with E-state index in [-0.39, 0.29) is 18.0 Å². The number of rotatable bonds is 4. The fourth-order valence-corrected chi connectivity index (χ4v) is 1.08. The Hall–Kier alpha value is -1.43. The summed E-state index contributed by atoms with van der Waals surface area (Å²) in [7, 11) is 0. The molecule has 0 aromatic heterocycles. The van der Waals surface area contributed by atoms with E-state index in [0.29, 0.717) is 0 Å². The van der Waals surface area contributed by atoms with Gasteiger partial charge in [-0.15, -0.1) is 13.2 Å². The molecule has 0 spiro atoms. The molecule has 6 heteroatoms. The maximum Gasteiger partial charge on any atom is 0.573 e. The molecule has 0 atom stereocenters. The van der Waals surface area contributed by atoms with Crippen molar-refractivity contribution < 1.29 is 22.6 Å². The second-order valence-corrected chi connectivity index (χ2v) is 4.06. The fourth-order valence-electron chi connectivity index (χ4n) is 1.08. The van der Waals surface area contributed by atoms with Gasteiger partial charge in [-0.3, -0.25) is 0 Å². The van der Waals surface area contributed by atoms with Gasteiger partial charge >= 0.3 is 6.36 Å². The van der Waals surface area contributed by atoms with Crippen LogP contribution in [0, 0.1) is 0 Å². The summed E-state index contributed by atoms with van der Waals surface area (Å²) in [5.41, 5.74) is 4.68. The first-order valence-electron chi connectivity index (χ1n) is 4.97. The Bertz CT molecular complexity index is 377. The van der Waals surface area contributed by atoms with E-state index in [1.165, 1.54) is 18.2 Å². The van der Waals surface area contributed by atoms with Crippen LogP contribution in [0.5, 0.6) is 11.5 Å². The first-order chi connectivity index (χ1) is 7.73. The summed E-state index contributed by atoms with van der Waals surface area (Å²) >= 11 is 0. The molecule has 0 unspecified atom stereocenters. The highest BCUT2D eigenvalue weighted by atomic mass is 19.4. The highest BCUT2D eigenvalue weighted by molar-refractivity contribution is 5.40. The molecule has 0 heterocycles. The van der Waals surface area contributed by atoms with Crippen molar-refractivity contribution in [3.8, 4) is 11.5 Å². The third-order valence-electron chi connectivity index (χ3n) is 1.95. The summed E-state index contributed by atoms with van der Waals surface area (Å²) in [6, 6.07) is 5.59. The van der Waals surface area contributed by atoms with E-state index in [2.05, 4.69) is 4.74 Å². The van der Waals surface area contributed by atoms with Crippen LogP contribution >= 0.6 is 0 Å². The molecule has 0 aliphatic heterocycles. The Morgan fingerprint density at radius 2 is 1.53 bits per heavy atom. The molecule has 0 saturated heterocycles. The summed E-state index contributed by atoms with van der Waals surface area (Å²) in [6.45, 7) is 3.53. The van der Waals surface area contributed by atoms with E-state index in [9.17, 15) is 13.2 Å². The zero-order valence-electron chi connectivity index (χ0n) is 9.54. The van der Waals surface area contributed by atoms with E-state index in [1.807, 2.05) is 0 Å². The summed E-state index contributed by atoms with van der Waals surface area (Å²) in [5.74, 6) is -0.359. The van der Waals surface area contributed by atoms with E-state index >= 15 is 0 Å². The molecule has 96 valence electrons. The van der Waals surface area contributed by atoms with Crippen molar-refractivity contribution >= 4 is 0 Å². The molecular formula is C11H14F3NO2. The molecule has 1 aromatic carbocycles. The van der Waals surface area contributed by atoms with E-state index in [4.69, 9.17) is 10.5 Å². The molecule has 0 amide bonds. The molecule has 1 rings (SSSR count). The van der Waals surface area contributed by atoms with E-state index in [0.717, 1.165) is 0 Å². The highest BCUT2D eigenvalue weighted by Crippen LogP contribution is 2.33. The smallest absolute Gasteiger partial charge is 0.483 e. The van der Waals surface area contributed by atoms with Gasteiger partial charge in [-0.2, -0.15) is 0 Å². The lowest BCUT2D eigenvalue weighted by Gasteiger charge is -2.26. The van der Waals surface area contributed by atoms with Crippen LogP contribution in [-0.4, -0.2) is 18.5 Å². The molecule has 1 aromatic rings. The van der Waals surface area contributed by atoms with Crippen molar-refractivity contribution in [2.75, 3.05) is 6.54 Å². The van der Waals surface area contributed by atoms with Crippen LogP contribution in [0.4, 0.5) is 13.2 Å². The first-order valence-corrected chi connectivity index (χ1v) is 4.97. The minimum Gasteiger partial charge on any atom is -0.483 e. The summed E-state index contributed by atoms with van der Waals surface area (Å²) in [6.07, 6.45) is -4.74. The van der Waals surface area contributed by atoms with Gasteiger partial charge in [-0.05, 0) is 26.0 Å². The molecule has 0 aliphatic rings. The van der Waals surface area contributed by atoms with Crippen LogP contribution in [0.3, 0.4) is 0 Å². The molecule has 2 N–H and O–H groups in total. The lowest BCUT2D eigenvalue weighted by molar-refractivity contribution is -0.275. The maximum absolute atomic E-state index is 12.1. The molecule has 0 saturated carbocycles. The lowest BCUT2D eigenvalue weighted by atomic mass is 10.1. The van der Waals surface area contributed by atoms with Gasteiger partial charge < -0.3 is 15.2 Å². The molecule has 0 fully saturated rings. The summed E-state index contributed by atoms with van der Waals surface area (Å²) < 4.78 is 45.6. The molecule has 0 aliphatic carbocycles. The Morgan fingerprint density at radius 1 is 1.06 bits per heavy atom. The van der Waals surface area contributed by atoms with Gasteiger partial charge in [-0.1, -0.05) is 12.1 Å². The lowest BCUT2D eigenvalue weighted by Crippen LogP contribution is -2.37. The fraction of sp³-hybridized carbons (Fsp3) is 0.455. The van der Waals surface area contributed by atoms with Crippen molar-refractivity contribution in [2.45, 2.75) is 25.8 Å². The number of benzene rings is 1. The van der Waals surface area contributed by atoms with Crippen LogP contribution < -0.4 is 15.2 Å². The Morgan fingerprint density at radius 3 is 1.94 bits per heavy atom. The first kappa shape index (κ1) is 13.6. The van der Waals surface area contributed by atoms with Crippen molar-refractivity contribution in [1.29, 1.82) is 0 Å². The molecule has 3 nitrogen and oxygen atoms in total. The van der Waals surface area contributed by atoms with Crippen LogP contribution in [-0.2, 0) is 0 Å². The van der Waals surface area contributed by atoms with Crippen LogP contribution in [0.25, 0.3) is 0 Å². The quantitative estimate of drug-likeness (QED) is 0.892. The van der Waals surface area contributed by atoms with Gasteiger partial charge in [0, 0.05) is 6.54 Å². The minimum atomic E-state index is -4.74. The Kier molecular flexibility index (Phi) is 3.87. The van der Waals surface area contributed by atoms with Crippen molar-refractivity contribution in [3.63, 3.8) is 0 Å². The van der Waals surface area contributed by atoms with Gasteiger partial charge in [0.2, 0.25) is 0 Å².